The summed E-state index contributed by atoms with van der Waals surface area (Å²) < 4.78 is 16.2. The third kappa shape index (κ3) is 7.97. The molecule has 0 spiro atoms. The molecule has 1 heterocycles. The van der Waals surface area contributed by atoms with Crippen LogP contribution in [-0.4, -0.2) is 50.4 Å². The number of fused-ring (bicyclic) bond motifs is 1. The van der Waals surface area contributed by atoms with Gasteiger partial charge >= 0.3 is 0 Å². The van der Waals surface area contributed by atoms with E-state index in [0.717, 1.165) is 16.5 Å². The smallest absolute Gasteiger partial charge is 0.262 e. The number of hydrogen-bond donors (Lipinski definition) is 4. The molecule has 0 saturated carbocycles. The number of hydrogen-bond acceptors (Lipinski definition) is 7. The minimum absolute atomic E-state index is 0.0163. The number of ether oxygens (including phenoxy) is 3. The van der Waals surface area contributed by atoms with E-state index in [1.54, 1.807) is 30.3 Å². The summed E-state index contributed by atoms with van der Waals surface area (Å²) in [5.41, 5.74) is 6.84. The van der Waals surface area contributed by atoms with Crippen molar-refractivity contribution in [1.29, 1.82) is 0 Å². The lowest BCUT2D eigenvalue weighted by Crippen LogP contribution is -2.47. The number of rotatable bonds is 13. The van der Waals surface area contributed by atoms with Gasteiger partial charge in [0.25, 0.3) is 5.91 Å². The van der Waals surface area contributed by atoms with Gasteiger partial charge in [-0.05, 0) is 47.5 Å². The zero-order valence-corrected chi connectivity index (χ0v) is 27.4. The van der Waals surface area contributed by atoms with E-state index in [4.69, 9.17) is 37.4 Å². The molecule has 0 unspecified atom stereocenters. The summed E-state index contributed by atoms with van der Waals surface area (Å²) in [6.07, 6.45) is 3.49. The first-order valence-electron chi connectivity index (χ1n) is 14.6. The Labute approximate surface area is 282 Å². The van der Waals surface area contributed by atoms with Gasteiger partial charge in [0.15, 0.2) is 11.5 Å². The van der Waals surface area contributed by atoms with Crippen LogP contribution < -0.4 is 30.3 Å². The Morgan fingerprint density at radius 2 is 1.55 bits per heavy atom. The van der Waals surface area contributed by atoms with Gasteiger partial charge in [0, 0.05) is 34.8 Å². The first-order chi connectivity index (χ1) is 22.8. The quantitative estimate of drug-likeness (QED) is 0.0818. The second kappa shape index (κ2) is 15.4. The minimum Gasteiger partial charge on any atom is -0.493 e. The fourth-order valence-corrected chi connectivity index (χ4v) is 5.61. The molecule has 242 valence electrons. The number of nitrogens with zero attached hydrogens (tertiary/aromatic N) is 1. The SMILES string of the molecule is COc1cc(/C=N/NC(=O)[C@H](Cc2c[nH]c3ccccc23)NC(=O)Cc2ccccc2Nc2c(Cl)cccc2Cl)cc(OC)c1OC. The molecule has 5 rings (SSSR count). The molecular formula is C35H33Cl2N5O5. The Balaban J connectivity index is 1.35. The topological polar surface area (TPSA) is 126 Å². The number of carbonyl (C=O) groups excluding carboxylic acids is 2. The van der Waals surface area contributed by atoms with Crippen molar-refractivity contribution in [3.63, 3.8) is 0 Å². The molecule has 0 bridgehead atoms. The number of halogens is 2. The van der Waals surface area contributed by atoms with Crippen LogP contribution in [0.1, 0.15) is 16.7 Å². The van der Waals surface area contributed by atoms with E-state index in [-0.39, 0.29) is 18.7 Å². The summed E-state index contributed by atoms with van der Waals surface area (Å²) in [7, 11) is 4.54. The van der Waals surface area contributed by atoms with Crippen LogP contribution in [0.25, 0.3) is 10.9 Å². The predicted octanol–water partition coefficient (Wildman–Crippen LogP) is 6.66. The first-order valence-corrected chi connectivity index (χ1v) is 15.3. The predicted molar refractivity (Wildman–Crippen MR) is 186 cm³/mol. The lowest BCUT2D eigenvalue weighted by atomic mass is 10.0. The van der Waals surface area contributed by atoms with Crippen LogP contribution in [0.15, 0.2) is 90.2 Å². The summed E-state index contributed by atoms with van der Waals surface area (Å²) >= 11 is 12.7. The van der Waals surface area contributed by atoms with E-state index in [1.807, 2.05) is 54.7 Å². The van der Waals surface area contributed by atoms with Crippen LogP contribution in [0.3, 0.4) is 0 Å². The molecule has 0 aliphatic rings. The molecule has 47 heavy (non-hydrogen) atoms. The van der Waals surface area contributed by atoms with E-state index < -0.39 is 11.9 Å². The fraction of sp³-hybridized carbons (Fsp3) is 0.171. The molecule has 1 aromatic heterocycles. The molecule has 0 fully saturated rings. The van der Waals surface area contributed by atoms with Crippen LogP contribution in [0.2, 0.25) is 10.0 Å². The highest BCUT2D eigenvalue weighted by molar-refractivity contribution is 6.39. The normalized spacial score (nSPS) is 11.7. The number of methoxy groups -OCH3 is 3. The van der Waals surface area contributed by atoms with Crippen molar-refractivity contribution >= 4 is 63.5 Å². The number of para-hydroxylation sites is 3. The Kier molecular flexibility index (Phi) is 10.9. The van der Waals surface area contributed by atoms with Gasteiger partial charge in [0.1, 0.15) is 6.04 Å². The number of anilines is 2. The van der Waals surface area contributed by atoms with Crippen LogP contribution in [0.4, 0.5) is 11.4 Å². The van der Waals surface area contributed by atoms with Crippen molar-refractivity contribution in [2.75, 3.05) is 26.6 Å². The van der Waals surface area contributed by atoms with Crippen LogP contribution in [0.5, 0.6) is 17.2 Å². The van der Waals surface area contributed by atoms with Crippen molar-refractivity contribution in [3.8, 4) is 17.2 Å². The van der Waals surface area contributed by atoms with Gasteiger partial charge < -0.3 is 29.8 Å². The third-order valence-electron chi connectivity index (χ3n) is 7.42. The van der Waals surface area contributed by atoms with E-state index in [1.165, 1.54) is 27.5 Å². The molecule has 0 aliphatic heterocycles. The van der Waals surface area contributed by atoms with Gasteiger partial charge in [-0.15, -0.1) is 0 Å². The van der Waals surface area contributed by atoms with Gasteiger partial charge in [-0.3, -0.25) is 9.59 Å². The maximum absolute atomic E-state index is 13.6. The maximum Gasteiger partial charge on any atom is 0.262 e. The molecular weight excluding hydrogens is 641 g/mol. The van der Waals surface area contributed by atoms with Crippen LogP contribution in [0, 0.1) is 0 Å². The molecule has 1 atom stereocenters. The van der Waals surface area contributed by atoms with Gasteiger partial charge in [0.05, 0.1) is 49.7 Å². The zero-order chi connectivity index (χ0) is 33.3. The van der Waals surface area contributed by atoms with Gasteiger partial charge in [0.2, 0.25) is 11.7 Å². The summed E-state index contributed by atoms with van der Waals surface area (Å²) in [5, 5.41) is 12.1. The van der Waals surface area contributed by atoms with Gasteiger partial charge in [-0.25, -0.2) is 5.43 Å². The Morgan fingerprint density at radius 1 is 0.872 bits per heavy atom. The Hall–Kier alpha value is -5.19. The number of H-pyrrole nitrogens is 1. The largest absolute Gasteiger partial charge is 0.493 e. The van der Waals surface area contributed by atoms with Crippen molar-refractivity contribution in [2.24, 2.45) is 5.10 Å². The minimum atomic E-state index is -0.947. The fourth-order valence-electron chi connectivity index (χ4n) is 5.12. The average Bonchev–Trinajstić information content (AvgIpc) is 3.48. The maximum atomic E-state index is 13.6. The second-order valence-corrected chi connectivity index (χ2v) is 11.2. The number of carbonyl (C=O) groups is 2. The van der Waals surface area contributed by atoms with E-state index in [9.17, 15) is 9.59 Å². The number of hydrazone groups is 1. The number of aromatic amines is 1. The highest BCUT2D eigenvalue weighted by Gasteiger charge is 2.23. The molecule has 5 aromatic rings. The number of amides is 2. The molecule has 2 amide bonds. The highest BCUT2D eigenvalue weighted by atomic mass is 35.5. The summed E-state index contributed by atoms with van der Waals surface area (Å²) in [6, 6.07) is 22.7. The molecule has 0 saturated heterocycles. The van der Waals surface area contributed by atoms with E-state index >= 15 is 0 Å². The molecule has 10 nitrogen and oxygen atoms in total. The standard InChI is InChI=1S/C35H33Cl2N5O5/c1-45-30-15-21(16-31(46-2)34(30)47-3)19-39-42-35(44)29(17-23-20-38-28-14-7-5-10-24(23)28)40-32(43)18-22-9-4-6-13-27(22)41-33-25(36)11-8-12-26(33)37/h4-16,19-20,29,38,41H,17-18H2,1-3H3,(H,40,43)(H,42,44)/b39-19+/t29-/m0/s1. The molecule has 0 aliphatic carbocycles. The average molecular weight is 675 g/mol. The first kappa shape index (κ1) is 33.2. The van der Waals surface area contributed by atoms with Gasteiger partial charge in [-0.2, -0.15) is 5.10 Å². The molecule has 0 radical (unpaired) electrons. The Bertz CT molecular complexity index is 1880. The molecule has 4 N–H and O–H groups in total. The summed E-state index contributed by atoms with van der Waals surface area (Å²) in [5.74, 6) is 0.454. The number of benzene rings is 4. The Morgan fingerprint density at radius 3 is 2.26 bits per heavy atom. The summed E-state index contributed by atoms with van der Waals surface area (Å²) in [6.45, 7) is 0. The highest BCUT2D eigenvalue weighted by Crippen LogP contribution is 2.38. The monoisotopic (exact) mass is 673 g/mol. The lowest BCUT2D eigenvalue weighted by molar-refractivity contribution is -0.128. The van der Waals surface area contributed by atoms with E-state index in [0.29, 0.717) is 49.8 Å². The van der Waals surface area contributed by atoms with Crippen molar-refractivity contribution < 1.29 is 23.8 Å². The second-order valence-electron chi connectivity index (χ2n) is 10.4. The number of nitrogens with one attached hydrogen (secondary N) is 4. The molecule has 12 heteroatoms. The zero-order valence-electron chi connectivity index (χ0n) is 25.9. The van der Waals surface area contributed by atoms with Gasteiger partial charge in [-0.1, -0.05) is 65.7 Å². The van der Waals surface area contributed by atoms with Crippen LogP contribution in [-0.2, 0) is 22.4 Å². The number of aromatic nitrogens is 1. The van der Waals surface area contributed by atoms with Crippen molar-refractivity contribution in [2.45, 2.75) is 18.9 Å². The van der Waals surface area contributed by atoms with E-state index in [2.05, 4.69) is 26.1 Å². The molecule has 4 aromatic carbocycles. The lowest BCUT2D eigenvalue weighted by Gasteiger charge is -2.18. The summed E-state index contributed by atoms with van der Waals surface area (Å²) in [4.78, 5) is 30.3. The van der Waals surface area contributed by atoms with Crippen molar-refractivity contribution in [3.05, 3.63) is 112 Å². The van der Waals surface area contributed by atoms with Crippen molar-refractivity contribution in [1.82, 2.24) is 15.7 Å². The van der Waals surface area contributed by atoms with Crippen LogP contribution >= 0.6 is 23.2 Å². The third-order valence-corrected chi connectivity index (χ3v) is 8.05.